The van der Waals surface area contributed by atoms with E-state index in [-0.39, 0.29) is 18.0 Å². The number of hydrogen-bond donors (Lipinski definition) is 2. The highest BCUT2D eigenvalue weighted by Gasteiger charge is 2.47. The minimum atomic E-state index is -1.30. The van der Waals surface area contributed by atoms with Crippen molar-refractivity contribution >= 4 is 5.91 Å². The first-order chi connectivity index (χ1) is 17.4. The Kier molecular flexibility index (Phi) is 7.70. The number of pyridine rings is 1. The molecule has 4 rings (SSSR count). The number of amides is 1. The molecule has 9 heteroatoms. The lowest BCUT2D eigenvalue weighted by molar-refractivity contribution is -0.129. The lowest BCUT2D eigenvalue weighted by Crippen LogP contribution is -2.55. The van der Waals surface area contributed by atoms with Crippen molar-refractivity contribution in [2.75, 3.05) is 21.0 Å². The average molecular weight is 490 g/mol. The van der Waals surface area contributed by atoms with E-state index >= 15 is 0 Å². The Morgan fingerprint density at radius 3 is 2.42 bits per heavy atom. The number of nitrogens with zero attached hydrogens (tertiary/aromatic N) is 3. The predicted octanol–water partition coefficient (Wildman–Crippen LogP) is 3.74. The van der Waals surface area contributed by atoms with Crippen LogP contribution in [0, 0.1) is 0 Å². The van der Waals surface area contributed by atoms with Gasteiger partial charge in [0.2, 0.25) is 12.5 Å². The number of azo groups is 1. The molecular weight excluding hydrogens is 461 g/mol. The first-order valence-electron chi connectivity index (χ1n) is 11.5. The SMILES string of the molecule is CN(C)C1(C(=O)NCc2ccccc2OCF)N=NC=C1Cc1ccc(Cc2ccc[nH]c2=O)cc1. The standard InChI is InChI=1S/C27H28FN5O3/c1-33(2)27(26(35)30-16-22-6-3-4-8-24(22)36-18-28)23(17-31-32-27)15-20-11-9-19(10-12-20)14-21-7-5-13-29-25(21)34/h3-13,17H,14-16,18H2,1-2H3,(H,29,34)(H,30,35). The molecule has 2 N–H and O–H groups in total. The normalized spacial score (nSPS) is 16.7. The highest BCUT2D eigenvalue weighted by molar-refractivity contribution is 5.90. The molecule has 1 aliphatic rings. The Morgan fingerprint density at radius 2 is 1.72 bits per heavy atom. The largest absolute Gasteiger partial charge is 0.463 e. The van der Waals surface area contributed by atoms with E-state index in [9.17, 15) is 14.0 Å². The van der Waals surface area contributed by atoms with Gasteiger partial charge in [0.25, 0.3) is 11.5 Å². The molecule has 0 fully saturated rings. The summed E-state index contributed by atoms with van der Waals surface area (Å²) in [6.07, 6.45) is 4.23. The van der Waals surface area contributed by atoms with Gasteiger partial charge in [0, 0.05) is 35.9 Å². The first kappa shape index (κ1) is 25.0. The smallest absolute Gasteiger partial charge is 0.269 e. The van der Waals surface area contributed by atoms with Crippen LogP contribution in [-0.4, -0.2) is 42.4 Å². The summed E-state index contributed by atoms with van der Waals surface area (Å²) < 4.78 is 17.7. The molecule has 3 aromatic rings. The Labute approximate surface area is 208 Å². The van der Waals surface area contributed by atoms with Crippen LogP contribution in [0.1, 0.15) is 22.3 Å². The molecule has 1 amide bonds. The second-order valence-corrected chi connectivity index (χ2v) is 8.67. The maximum atomic E-state index is 13.4. The third-order valence-electron chi connectivity index (χ3n) is 6.16. The minimum absolute atomic E-state index is 0.0958. The molecule has 8 nitrogen and oxygen atoms in total. The van der Waals surface area contributed by atoms with E-state index in [4.69, 9.17) is 4.74 Å². The molecule has 0 saturated carbocycles. The molecule has 1 aromatic heterocycles. The molecule has 2 aromatic carbocycles. The number of likely N-dealkylation sites (N-methyl/N-ethyl adjacent to an activating group) is 1. The molecule has 0 spiro atoms. The zero-order valence-electron chi connectivity index (χ0n) is 20.2. The monoisotopic (exact) mass is 489 g/mol. The number of alkyl halides is 1. The summed E-state index contributed by atoms with van der Waals surface area (Å²) in [6, 6.07) is 18.5. The minimum Gasteiger partial charge on any atom is -0.463 e. The van der Waals surface area contributed by atoms with Gasteiger partial charge >= 0.3 is 0 Å². The number of hydrogen-bond acceptors (Lipinski definition) is 6. The number of benzene rings is 2. The van der Waals surface area contributed by atoms with E-state index in [1.54, 1.807) is 55.7 Å². The van der Waals surface area contributed by atoms with E-state index in [0.717, 1.165) is 16.7 Å². The van der Waals surface area contributed by atoms with Crippen LogP contribution < -0.4 is 15.6 Å². The molecule has 1 unspecified atom stereocenters. The van der Waals surface area contributed by atoms with Crippen molar-refractivity contribution < 1.29 is 13.9 Å². The van der Waals surface area contributed by atoms with Gasteiger partial charge in [-0.25, -0.2) is 4.39 Å². The van der Waals surface area contributed by atoms with Crippen LogP contribution in [0.5, 0.6) is 5.75 Å². The summed E-state index contributed by atoms with van der Waals surface area (Å²) in [6.45, 7) is -0.797. The van der Waals surface area contributed by atoms with Crippen molar-refractivity contribution in [1.82, 2.24) is 15.2 Å². The van der Waals surface area contributed by atoms with Gasteiger partial charge in [-0.05, 0) is 43.8 Å². The summed E-state index contributed by atoms with van der Waals surface area (Å²) in [7, 11) is 3.55. The second kappa shape index (κ2) is 11.1. The molecular formula is C27H28FN5O3. The highest BCUT2D eigenvalue weighted by Crippen LogP contribution is 2.33. The zero-order valence-corrected chi connectivity index (χ0v) is 20.2. The molecule has 0 bridgehead atoms. The maximum absolute atomic E-state index is 13.4. The number of ether oxygens (including phenoxy) is 1. The van der Waals surface area contributed by atoms with Crippen LogP contribution in [0.4, 0.5) is 4.39 Å². The van der Waals surface area contributed by atoms with E-state index in [0.29, 0.717) is 29.7 Å². The summed E-state index contributed by atoms with van der Waals surface area (Å²) >= 11 is 0. The number of aromatic amines is 1. The van der Waals surface area contributed by atoms with E-state index in [1.807, 2.05) is 36.4 Å². The Hall–Kier alpha value is -4.11. The van der Waals surface area contributed by atoms with Crippen LogP contribution in [0.2, 0.25) is 0 Å². The number of halogens is 1. The van der Waals surface area contributed by atoms with Gasteiger partial charge in [-0.2, -0.15) is 10.2 Å². The number of carbonyl (C=O) groups is 1. The average Bonchev–Trinajstić information content (AvgIpc) is 3.31. The van der Waals surface area contributed by atoms with Crippen molar-refractivity contribution in [2.45, 2.75) is 25.0 Å². The molecule has 36 heavy (non-hydrogen) atoms. The molecule has 0 radical (unpaired) electrons. The van der Waals surface area contributed by atoms with Crippen LogP contribution in [0.15, 0.2) is 93.7 Å². The highest BCUT2D eigenvalue weighted by atomic mass is 19.1. The number of para-hydroxylation sites is 1. The van der Waals surface area contributed by atoms with Gasteiger partial charge in [0.15, 0.2) is 0 Å². The van der Waals surface area contributed by atoms with Crippen LogP contribution in [0.3, 0.4) is 0 Å². The van der Waals surface area contributed by atoms with Gasteiger partial charge in [-0.15, -0.1) is 0 Å². The lowest BCUT2D eigenvalue weighted by Gasteiger charge is -2.33. The quantitative estimate of drug-likeness (QED) is 0.453. The van der Waals surface area contributed by atoms with Gasteiger partial charge in [-0.3, -0.25) is 14.5 Å². The second-order valence-electron chi connectivity index (χ2n) is 8.67. The first-order valence-corrected chi connectivity index (χ1v) is 11.5. The summed E-state index contributed by atoms with van der Waals surface area (Å²) in [5, 5.41) is 11.3. The number of nitrogens with one attached hydrogen (secondary N) is 2. The topological polar surface area (TPSA) is 99.2 Å². The zero-order chi connectivity index (χ0) is 25.5. The molecule has 1 aliphatic heterocycles. The van der Waals surface area contributed by atoms with Crippen molar-refractivity contribution in [1.29, 1.82) is 0 Å². The Bertz CT molecular complexity index is 1330. The maximum Gasteiger partial charge on any atom is 0.269 e. The molecule has 0 saturated heterocycles. The molecule has 186 valence electrons. The summed E-state index contributed by atoms with van der Waals surface area (Å²) in [5.41, 5.74) is 2.68. The molecule has 2 heterocycles. The third kappa shape index (κ3) is 5.26. The third-order valence-corrected chi connectivity index (χ3v) is 6.16. The fraction of sp³-hybridized carbons (Fsp3) is 0.259. The van der Waals surface area contributed by atoms with Crippen molar-refractivity contribution in [3.8, 4) is 5.75 Å². The number of rotatable bonds is 10. The van der Waals surface area contributed by atoms with Gasteiger partial charge < -0.3 is 15.0 Å². The van der Waals surface area contributed by atoms with E-state index in [1.165, 1.54) is 0 Å². The summed E-state index contributed by atoms with van der Waals surface area (Å²) in [4.78, 5) is 29.8. The van der Waals surface area contributed by atoms with Crippen molar-refractivity contribution in [2.24, 2.45) is 10.2 Å². The van der Waals surface area contributed by atoms with Gasteiger partial charge in [-0.1, -0.05) is 48.5 Å². The van der Waals surface area contributed by atoms with Crippen LogP contribution in [-0.2, 0) is 24.2 Å². The molecule has 0 aliphatic carbocycles. The lowest BCUT2D eigenvalue weighted by atomic mass is 9.92. The summed E-state index contributed by atoms with van der Waals surface area (Å²) in [5.74, 6) is 0.0376. The number of H-pyrrole nitrogens is 1. The number of carbonyl (C=O) groups excluding carboxylic acids is 1. The molecule has 1 atom stereocenters. The number of aromatic nitrogens is 1. The van der Waals surface area contributed by atoms with E-state index < -0.39 is 12.5 Å². The predicted molar refractivity (Wildman–Crippen MR) is 134 cm³/mol. The van der Waals surface area contributed by atoms with Gasteiger partial charge in [0.1, 0.15) is 5.75 Å². The van der Waals surface area contributed by atoms with Crippen LogP contribution in [0.25, 0.3) is 0 Å². The van der Waals surface area contributed by atoms with Crippen molar-refractivity contribution in [3.05, 3.63) is 111 Å². The Balaban J connectivity index is 1.47. The fourth-order valence-corrected chi connectivity index (χ4v) is 4.23. The van der Waals surface area contributed by atoms with E-state index in [2.05, 4.69) is 20.5 Å². The Morgan fingerprint density at radius 1 is 1.03 bits per heavy atom. The van der Waals surface area contributed by atoms with Crippen molar-refractivity contribution in [3.63, 3.8) is 0 Å². The fourth-order valence-electron chi connectivity index (χ4n) is 4.23. The van der Waals surface area contributed by atoms with Crippen LogP contribution >= 0.6 is 0 Å². The van der Waals surface area contributed by atoms with Gasteiger partial charge in [0.05, 0.1) is 6.20 Å².